The van der Waals surface area contributed by atoms with Crippen molar-refractivity contribution in [3.05, 3.63) is 59.4 Å². The first-order chi connectivity index (χ1) is 9.85. The monoisotopic (exact) mass is 268 g/mol. The van der Waals surface area contributed by atoms with Gasteiger partial charge in [0.05, 0.1) is 7.11 Å². The number of benzene rings is 1. The number of pyridine rings is 1. The molecule has 1 aromatic heterocycles. The van der Waals surface area contributed by atoms with Crippen molar-refractivity contribution in [3.8, 4) is 5.75 Å². The number of aryl methyl sites for hydroxylation is 1. The van der Waals surface area contributed by atoms with E-state index in [1.165, 1.54) is 23.1 Å². The first-order valence-electron chi connectivity index (χ1n) is 7.13. The Morgan fingerprint density at radius 3 is 3.05 bits per heavy atom. The van der Waals surface area contributed by atoms with Crippen LogP contribution in [0.5, 0.6) is 5.75 Å². The fourth-order valence-electron chi connectivity index (χ4n) is 2.80. The summed E-state index contributed by atoms with van der Waals surface area (Å²) >= 11 is 0. The molecule has 0 radical (unpaired) electrons. The first-order valence-corrected chi connectivity index (χ1v) is 7.13. The molecule has 1 heterocycles. The smallest absolute Gasteiger partial charge is 0.119 e. The van der Waals surface area contributed by atoms with Crippen molar-refractivity contribution in [2.75, 3.05) is 7.11 Å². The van der Waals surface area contributed by atoms with Crippen LogP contribution in [0.2, 0.25) is 0 Å². The van der Waals surface area contributed by atoms with Crippen molar-refractivity contribution in [1.29, 1.82) is 0 Å². The highest BCUT2D eigenvalue weighted by molar-refractivity contribution is 5.37. The predicted molar refractivity (Wildman–Crippen MR) is 79.9 cm³/mol. The number of nitrogens with zero attached hydrogens (tertiary/aromatic N) is 1. The topological polar surface area (TPSA) is 34.1 Å². The molecule has 104 valence electrons. The molecule has 1 aliphatic rings. The Hall–Kier alpha value is -1.87. The van der Waals surface area contributed by atoms with E-state index in [2.05, 4.69) is 34.6 Å². The zero-order valence-electron chi connectivity index (χ0n) is 11.8. The molecule has 1 atom stereocenters. The van der Waals surface area contributed by atoms with Gasteiger partial charge in [0.1, 0.15) is 5.75 Å². The fourth-order valence-corrected chi connectivity index (χ4v) is 2.80. The molecule has 3 rings (SSSR count). The third kappa shape index (κ3) is 2.99. The van der Waals surface area contributed by atoms with Gasteiger partial charge in [0.25, 0.3) is 0 Å². The number of methoxy groups -OCH3 is 1. The molecule has 1 aliphatic carbocycles. The van der Waals surface area contributed by atoms with E-state index in [0.717, 1.165) is 25.1 Å². The van der Waals surface area contributed by atoms with E-state index in [4.69, 9.17) is 4.74 Å². The molecule has 3 nitrogen and oxygen atoms in total. The Morgan fingerprint density at radius 2 is 2.25 bits per heavy atom. The van der Waals surface area contributed by atoms with Crippen LogP contribution < -0.4 is 10.1 Å². The molecule has 2 aromatic rings. The van der Waals surface area contributed by atoms with Gasteiger partial charge in [0.15, 0.2) is 0 Å². The second-order valence-corrected chi connectivity index (χ2v) is 5.32. The van der Waals surface area contributed by atoms with Crippen molar-refractivity contribution < 1.29 is 4.74 Å². The first kappa shape index (κ1) is 13.1. The second-order valence-electron chi connectivity index (χ2n) is 5.32. The summed E-state index contributed by atoms with van der Waals surface area (Å²) in [6.45, 7) is 0.887. The summed E-state index contributed by atoms with van der Waals surface area (Å²) in [7, 11) is 1.72. The molecular formula is C17H20N2O. The summed E-state index contributed by atoms with van der Waals surface area (Å²) in [5, 5.41) is 3.64. The summed E-state index contributed by atoms with van der Waals surface area (Å²) < 4.78 is 5.32. The van der Waals surface area contributed by atoms with Gasteiger partial charge in [-0.15, -0.1) is 0 Å². The van der Waals surface area contributed by atoms with Crippen molar-refractivity contribution in [2.45, 2.75) is 31.8 Å². The van der Waals surface area contributed by atoms with Crippen LogP contribution in [0, 0.1) is 0 Å². The Bertz CT molecular complexity index is 568. The number of aromatic nitrogens is 1. The van der Waals surface area contributed by atoms with Crippen LogP contribution in [0.15, 0.2) is 42.7 Å². The summed E-state index contributed by atoms with van der Waals surface area (Å²) in [6.07, 6.45) is 7.15. The lowest BCUT2D eigenvalue weighted by atomic mass is 9.88. The van der Waals surface area contributed by atoms with Crippen molar-refractivity contribution in [1.82, 2.24) is 10.3 Å². The minimum absolute atomic E-state index is 0.537. The van der Waals surface area contributed by atoms with Crippen LogP contribution in [0.3, 0.4) is 0 Å². The van der Waals surface area contributed by atoms with Gasteiger partial charge >= 0.3 is 0 Å². The van der Waals surface area contributed by atoms with E-state index in [-0.39, 0.29) is 0 Å². The molecule has 0 aliphatic heterocycles. The molecule has 1 unspecified atom stereocenters. The van der Waals surface area contributed by atoms with Crippen LogP contribution in [0.1, 0.15) is 23.1 Å². The molecule has 3 heteroatoms. The van der Waals surface area contributed by atoms with E-state index in [9.17, 15) is 0 Å². The van der Waals surface area contributed by atoms with E-state index < -0.39 is 0 Å². The van der Waals surface area contributed by atoms with Crippen molar-refractivity contribution in [2.24, 2.45) is 0 Å². The molecule has 20 heavy (non-hydrogen) atoms. The lowest BCUT2D eigenvalue weighted by Gasteiger charge is -2.26. The van der Waals surface area contributed by atoms with Gasteiger partial charge in [0, 0.05) is 25.0 Å². The number of ether oxygens (including phenoxy) is 1. The summed E-state index contributed by atoms with van der Waals surface area (Å²) in [5.41, 5.74) is 4.12. The number of nitrogens with one attached hydrogen (secondary N) is 1. The maximum atomic E-state index is 5.32. The molecular weight excluding hydrogens is 248 g/mol. The average molecular weight is 268 g/mol. The number of hydrogen-bond acceptors (Lipinski definition) is 3. The van der Waals surface area contributed by atoms with Gasteiger partial charge in [-0.3, -0.25) is 4.98 Å². The molecule has 0 fully saturated rings. The van der Waals surface area contributed by atoms with Crippen molar-refractivity contribution >= 4 is 0 Å². The van der Waals surface area contributed by atoms with Crippen LogP contribution in [-0.2, 0) is 19.4 Å². The molecule has 0 spiro atoms. The highest BCUT2D eigenvalue weighted by Crippen LogP contribution is 2.25. The van der Waals surface area contributed by atoms with Gasteiger partial charge in [-0.2, -0.15) is 0 Å². The predicted octanol–water partition coefficient (Wildman–Crippen LogP) is 2.74. The Balaban J connectivity index is 1.63. The number of fused-ring (bicyclic) bond motifs is 1. The molecule has 1 N–H and O–H groups in total. The molecule has 0 saturated carbocycles. The second kappa shape index (κ2) is 6.06. The number of rotatable bonds is 4. The summed E-state index contributed by atoms with van der Waals surface area (Å²) in [4.78, 5) is 4.15. The lowest BCUT2D eigenvalue weighted by molar-refractivity contribution is 0.411. The minimum atomic E-state index is 0.537. The van der Waals surface area contributed by atoms with Crippen LogP contribution >= 0.6 is 0 Å². The molecule has 1 aromatic carbocycles. The third-order valence-electron chi connectivity index (χ3n) is 3.96. The van der Waals surface area contributed by atoms with Gasteiger partial charge in [-0.1, -0.05) is 12.1 Å². The standard InChI is InChI=1S/C17H20N2O/c1-20-17-7-5-14-4-6-16(9-15(14)10-17)19-12-13-3-2-8-18-11-13/h2-3,5,7-8,10-11,16,19H,4,6,9,12H2,1H3. The van der Waals surface area contributed by atoms with E-state index in [0.29, 0.717) is 6.04 Å². The zero-order chi connectivity index (χ0) is 13.8. The quantitative estimate of drug-likeness (QED) is 0.926. The van der Waals surface area contributed by atoms with Crippen LogP contribution in [0.25, 0.3) is 0 Å². The van der Waals surface area contributed by atoms with Crippen LogP contribution in [-0.4, -0.2) is 18.1 Å². The summed E-state index contributed by atoms with van der Waals surface area (Å²) in [6, 6.07) is 11.1. The molecule has 0 bridgehead atoms. The largest absolute Gasteiger partial charge is 0.497 e. The van der Waals surface area contributed by atoms with E-state index in [1.807, 2.05) is 18.5 Å². The van der Waals surface area contributed by atoms with E-state index in [1.54, 1.807) is 7.11 Å². The maximum Gasteiger partial charge on any atom is 0.119 e. The molecule has 0 saturated heterocycles. The van der Waals surface area contributed by atoms with Gasteiger partial charge in [-0.25, -0.2) is 0 Å². The normalized spacial score (nSPS) is 17.6. The highest BCUT2D eigenvalue weighted by atomic mass is 16.5. The van der Waals surface area contributed by atoms with Gasteiger partial charge in [0.2, 0.25) is 0 Å². The van der Waals surface area contributed by atoms with Gasteiger partial charge < -0.3 is 10.1 Å². The zero-order valence-corrected chi connectivity index (χ0v) is 11.8. The van der Waals surface area contributed by atoms with Crippen LogP contribution in [0.4, 0.5) is 0 Å². The van der Waals surface area contributed by atoms with E-state index >= 15 is 0 Å². The average Bonchev–Trinajstić information content (AvgIpc) is 2.53. The SMILES string of the molecule is COc1ccc2c(c1)CC(NCc1cccnc1)CC2. The Labute approximate surface area is 120 Å². The van der Waals surface area contributed by atoms with Gasteiger partial charge in [-0.05, 0) is 54.2 Å². The minimum Gasteiger partial charge on any atom is -0.497 e. The van der Waals surface area contributed by atoms with Crippen molar-refractivity contribution in [3.63, 3.8) is 0 Å². The fraction of sp³-hybridized carbons (Fsp3) is 0.353. The summed E-state index contributed by atoms with van der Waals surface area (Å²) in [5.74, 6) is 0.955. The third-order valence-corrected chi connectivity index (χ3v) is 3.96. The Morgan fingerprint density at radius 1 is 1.30 bits per heavy atom. The number of hydrogen-bond donors (Lipinski definition) is 1. The maximum absolute atomic E-state index is 5.32. The lowest BCUT2D eigenvalue weighted by Crippen LogP contribution is -2.34. The Kier molecular flexibility index (Phi) is 3.97. The molecule has 0 amide bonds. The highest BCUT2D eigenvalue weighted by Gasteiger charge is 2.18.